The number of hydrogen-bond acceptors (Lipinski definition) is 3. The van der Waals surface area contributed by atoms with Gasteiger partial charge in [-0.2, -0.15) is 0 Å². The summed E-state index contributed by atoms with van der Waals surface area (Å²) in [6.07, 6.45) is 0.833. The second-order valence-corrected chi connectivity index (χ2v) is 10.7. The molecule has 3 rings (SSSR count). The average Bonchev–Trinajstić information content (AvgIpc) is 3.04. The van der Waals surface area contributed by atoms with Crippen LogP contribution in [-0.4, -0.2) is 34.9 Å². The number of aliphatic imine (C=N–C) groups is 1. The largest absolute Gasteiger partial charge is 0.475 e. The molecule has 2 aromatic carbocycles. The van der Waals surface area contributed by atoms with Crippen LogP contribution in [0.25, 0.3) is 0 Å². The Morgan fingerprint density at radius 3 is 1.81 bits per heavy atom. The van der Waals surface area contributed by atoms with Gasteiger partial charge in [0.25, 0.3) is 0 Å². The van der Waals surface area contributed by atoms with Gasteiger partial charge < -0.3 is 9.84 Å². The van der Waals surface area contributed by atoms with Crippen molar-refractivity contribution in [3.8, 4) is 0 Å². The third-order valence-corrected chi connectivity index (χ3v) is 7.94. The summed E-state index contributed by atoms with van der Waals surface area (Å²) in [5.74, 6) is 0.765. The number of benzene rings is 2. The van der Waals surface area contributed by atoms with Crippen molar-refractivity contribution in [2.45, 2.75) is 52.4 Å². The molecule has 0 saturated carbocycles. The molecule has 1 aliphatic rings. The van der Waals surface area contributed by atoms with Gasteiger partial charge in [0.15, 0.2) is 5.90 Å². The van der Waals surface area contributed by atoms with Gasteiger partial charge in [-0.25, -0.2) is 4.99 Å². The molecule has 27 heavy (non-hydrogen) atoms. The molecule has 0 bridgehead atoms. The van der Waals surface area contributed by atoms with Crippen molar-refractivity contribution in [2.24, 2.45) is 10.4 Å². The first-order chi connectivity index (χ1) is 12.7. The lowest BCUT2D eigenvalue weighted by Gasteiger charge is -2.30. The van der Waals surface area contributed by atoms with E-state index in [4.69, 9.17) is 9.73 Å². The molecule has 3 nitrogen and oxygen atoms in total. The number of ether oxygens (including phenoxy) is 1. The van der Waals surface area contributed by atoms with E-state index in [1.165, 1.54) is 10.6 Å². The summed E-state index contributed by atoms with van der Waals surface area (Å²) in [4.78, 5) is 4.81. The van der Waals surface area contributed by atoms with Crippen molar-refractivity contribution < 1.29 is 9.84 Å². The molecule has 0 saturated heterocycles. The highest BCUT2D eigenvalue weighted by atomic mass is 31.1. The minimum atomic E-state index is -0.888. The van der Waals surface area contributed by atoms with Gasteiger partial charge in [0.2, 0.25) is 0 Å². The van der Waals surface area contributed by atoms with Crippen molar-refractivity contribution in [3.05, 3.63) is 60.7 Å². The van der Waals surface area contributed by atoms with Crippen LogP contribution in [0.3, 0.4) is 0 Å². The van der Waals surface area contributed by atoms with Gasteiger partial charge in [0.1, 0.15) is 12.1 Å². The highest BCUT2D eigenvalue weighted by Gasteiger charge is 2.43. The van der Waals surface area contributed by atoms with Gasteiger partial charge in [-0.3, -0.25) is 0 Å². The fraction of sp³-hybridized carbons (Fsp3) is 0.435. The molecule has 144 valence electrons. The van der Waals surface area contributed by atoms with Gasteiger partial charge in [0.05, 0.1) is 5.60 Å². The molecule has 0 spiro atoms. The van der Waals surface area contributed by atoms with E-state index in [2.05, 4.69) is 74.5 Å². The number of rotatable bonds is 6. The van der Waals surface area contributed by atoms with Crippen molar-refractivity contribution in [3.63, 3.8) is 0 Å². The summed E-state index contributed by atoms with van der Waals surface area (Å²) < 4.78 is 6.14. The minimum Gasteiger partial charge on any atom is -0.475 e. The van der Waals surface area contributed by atoms with Gasteiger partial charge >= 0.3 is 0 Å². The van der Waals surface area contributed by atoms with Crippen LogP contribution in [0.1, 0.15) is 34.6 Å². The van der Waals surface area contributed by atoms with E-state index < -0.39 is 13.5 Å². The van der Waals surface area contributed by atoms with E-state index in [1.807, 2.05) is 6.92 Å². The molecule has 1 aliphatic heterocycles. The normalized spacial score (nSPS) is 20.5. The quantitative estimate of drug-likeness (QED) is 0.763. The molecular weight excluding hydrogens is 353 g/mol. The third-order valence-electron chi connectivity index (χ3n) is 4.99. The molecule has 2 aromatic rings. The molecule has 0 aliphatic carbocycles. The molecule has 0 aromatic heterocycles. The zero-order chi connectivity index (χ0) is 19.7. The van der Waals surface area contributed by atoms with E-state index in [0.29, 0.717) is 0 Å². The lowest BCUT2D eigenvalue weighted by Crippen LogP contribution is -2.40. The Balaban J connectivity index is 1.91. The SMILES string of the molecule is CC1OC(C(C)(C)CP(c2ccccc2)c2ccccc2)=NC1C(C)(C)O. The Hall–Kier alpha value is -1.70. The second kappa shape index (κ2) is 7.73. The smallest absolute Gasteiger partial charge is 0.190 e. The lowest BCUT2D eigenvalue weighted by molar-refractivity contribution is 0.0203. The third kappa shape index (κ3) is 4.59. The van der Waals surface area contributed by atoms with Crippen LogP contribution in [0.15, 0.2) is 65.7 Å². The maximum absolute atomic E-state index is 10.4. The first kappa shape index (κ1) is 20.0. The topological polar surface area (TPSA) is 41.8 Å². The highest BCUT2D eigenvalue weighted by Crippen LogP contribution is 2.42. The maximum Gasteiger partial charge on any atom is 0.190 e. The minimum absolute atomic E-state index is 0.112. The van der Waals surface area contributed by atoms with Crippen LogP contribution in [0.4, 0.5) is 0 Å². The van der Waals surface area contributed by atoms with Gasteiger partial charge in [0, 0.05) is 5.41 Å². The molecule has 0 amide bonds. The summed E-state index contributed by atoms with van der Waals surface area (Å²) in [7, 11) is -0.535. The van der Waals surface area contributed by atoms with Crippen molar-refractivity contribution >= 4 is 24.4 Å². The van der Waals surface area contributed by atoms with Crippen LogP contribution in [0.5, 0.6) is 0 Å². The lowest BCUT2D eigenvalue weighted by atomic mass is 9.95. The average molecular weight is 383 g/mol. The van der Waals surface area contributed by atoms with E-state index in [1.54, 1.807) is 13.8 Å². The molecule has 2 atom stereocenters. The summed E-state index contributed by atoms with van der Waals surface area (Å²) in [5.41, 5.74) is -1.10. The predicted molar refractivity (Wildman–Crippen MR) is 116 cm³/mol. The molecule has 2 unspecified atom stereocenters. The Morgan fingerprint density at radius 2 is 1.41 bits per heavy atom. The fourth-order valence-electron chi connectivity index (χ4n) is 3.58. The Bertz CT molecular complexity index is 742. The van der Waals surface area contributed by atoms with Crippen molar-refractivity contribution in [1.82, 2.24) is 0 Å². The second-order valence-electron chi connectivity index (χ2n) is 8.50. The summed E-state index contributed by atoms with van der Waals surface area (Å²) in [6.45, 7) is 10.0. The Kier molecular flexibility index (Phi) is 5.74. The van der Waals surface area contributed by atoms with Crippen LogP contribution in [0, 0.1) is 5.41 Å². The Morgan fingerprint density at radius 1 is 0.926 bits per heavy atom. The predicted octanol–water partition coefficient (Wildman–Crippen LogP) is 4.10. The summed E-state index contributed by atoms with van der Waals surface area (Å²) in [6, 6.07) is 21.2. The molecule has 0 fully saturated rings. The Labute approximate surface area is 164 Å². The molecule has 0 radical (unpaired) electrons. The van der Waals surface area contributed by atoms with Crippen molar-refractivity contribution in [2.75, 3.05) is 6.16 Å². The monoisotopic (exact) mass is 383 g/mol. The van der Waals surface area contributed by atoms with Crippen LogP contribution < -0.4 is 10.6 Å². The zero-order valence-corrected chi connectivity index (χ0v) is 17.8. The van der Waals surface area contributed by atoms with Gasteiger partial charge in [-0.15, -0.1) is 0 Å². The van der Waals surface area contributed by atoms with Crippen LogP contribution in [0.2, 0.25) is 0 Å². The first-order valence-corrected chi connectivity index (χ1v) is 11.1. The molecular formula is C23H30NO2P. The van der Waals surface area contributed by atoms with E-state index in [0.717, 1.165) is 12.1 Å². The van der Waals surface area contributed by atoms with E-state index in [-0.39, 0.29) is 17.6 Å². The highest BCUT2D eigenvalue weighted by molar-refractivity contribution is 7.73. The van der Waals surface area contributed by atoms with Crippen LogP contribution >= 0.6 is 7.92 Å². The maximum atomic E-state index is 10.4. The molecule has 1 heterocycles. The van der Waals surface area contributed by atoms with Gasteiger partial charge in [-0.05, 0) is 45.5 Å². The van der Waals surface area contributed by atoms with E-state index in [9.17, 15) is 5.11 Å². The van der Waals surface area contributed by atoms with Crippen LogP contribution in [-0.2, 0) is 4.74 Å². The fourth-order valence-corrected chi connectivity index (χ4v) is 6.23. The van der Waals surface area contributed by atoms with E-state index >= 15 is 0 Å². The molecule has 4 heteroatoms. The number of hydrogen-bond donors (Lipinski definition) is 1. The first-order valence-electron chi connectivity index (χ1n) is 9.53. The number of nitrogens with zero attached hydrogens (tertiary/aromatic N) is 1. The zero-order valence-electron chi connectivity index (χ0n) is 16.9. The summed E-state index contributed by atoms with van der Waals surface area (Å²) in [5, 5.41) is 13.1. The number of aliphatic hydroxyl groups is 1. The summed E-state index contributed by atoms with van der Waals surface area (Å²) >= 11 is 0. The van der Waals surface area contributed by atoms with Crippen molar-refractivity contribution in [1.29, 1.82) is 0 Å². The standard InChI is InChI=1S/C23H30NO2P/c1-17-20(23(4,5)25)24-21(26-17)22(2,3)16-27(18-12-8-6-9-13-18)19-14-10-7-11-15-19/h6-15,17,20,25H,16H2,1-5H3. The van der Waals surface area contributed by atoms with Gasteiger partial charge in [-0.1, -0.05) is 74.5 Å². The molecule has 1 N–H and O–H groups in total.